The van der Waals surface area contributed by atoms with Crippen molar-refractivity contribution in [2.45, 2.75) is 44.8 Å². The maximum absolute atomic E-state index is 4.41. The Bertz CT molecular complexity index is 381. The molecule has 6 nitrogen and oxygen atoms in total. The average Bonchev–Trinajstić information content (AvgIpc) is 2.54. The molecular formula is C17H37IN6. The molecule has 0 bridgehead atoms. The van der Waals surface area contributed by atoms with Crippen LogP contribution in [0.1, 0.15) is 26.7 Å². The molecule has 1 atom stereocenters. The van der Waals surface area contributed by atoms with Gasteiger partial charge in [-0.2, -0.15) is 0 Å². The van der Waals surface area contributed by atoms with Gasteiger partial charge in [-0.15, -0.1) is 24.0 Å². The molecule has 0 aliphatic carbocycles. The predicted octanol–water partition coefficient (Wildman–Crippen LogP) is 0.888. The van der Waals surface area contributed by atoms with Crippen molar-refractivity contribution >= 4 is 29.9 Å². The van der Waals surface area contributed by atoms with Gasteiger partial charge < -0.3 is 20.4 Å². The Hall–Kier alpha value is -0.120. The Kier molecular flexibility index (Phi) is 9.84. The molecule has 0 aromatic heterocycles. The van der Waals surface area contributed by atoms with Crippen LogP contribution >= 0.6 is 24.0 Å². The zero-order valence-electron chi connectivity index (χ0n) is 16.1. The molecule has 0 amide bonds. The van der Waals surface area contributed by atoms with E-state index in [1.807, 2.05) is 7.05 Å². The molecule has 142 valence electrons. The minimum atomic E-state index is 0. The minimum absolute atomic E-state index is 0. The third-order valence-corrected chi connectivity index (χ3v) is 5.31. The number of hydrogen-bond donors (Lipinski definition) is 2. The lowest BCUT2D eigenvalue weighted by atomic mass is 10.0. The third kappa shape index (κ3) is 6.65. The first kappa shape index (κ1) is 21.9. The Morgan fingerprint density at radius 1 is 1.12 bits per heavy atom. The number of rotatable bonds is 4. The van der Waals surface area contributed by atoms with Gasteiger partial charge in [-0.05, 0) is 40.8 Å². The summed E-state index contributed by atoms with van der Waals surface area (Å²) in [5, 5.41) is 7.14. The zero-order valence-corrected chi connectivity index (χ0v) is 18.4. The van der Waals surface area contributed by atoms with Crippen LogP contribution in [0.15, 0.2) is 4.99 Å². The van der Waals surface area contributed by atoms with Gasteiger partial charge >= 0.3 is 0 Å². The van der Waals surface area contributed by atoms with Crippen molar-refractivity contribution in [1.82, 2.24) is 25.3 Å². The van der Waals surface area contributed by atoms with E-state index in [1.54, 1.807) is 0 Å². The molecule has 0 aromatic carbocycles. The van der Waals surface area contributed by atoms with E-state index in [0.29, 0.717) is 18.1 Å². The van der Waals surface area contributed by atoms with E-state index in [1.165, 1.54) is 25.9 Å². The highest BCUT2D eigenvalue weighted by molar-refractivity contribution is 14.0. The lowest BCUT2D eigenvalue weighted by molar-refractivity contribution is 0.116. The molecule has 0 aromatic rings. The fourth-order valence-corrected chi connectivity index (χ4v) is 3.48. The van der Waals surface area contributed by atoms with Crippen molar-refractivity contribution in [2.75, 3.05) is 60.4 Å². The Morgan fingerprint density at radius 2 is 1.79 bits per heavy atom. The smallest absolute Gasteiger partial charge is 0.191 e. The molecular weight excluding hydrogens is 415 g/mol. The summed E-state index contributed by atoms with van der Waals surface area (Å²) in [6.07, 6.45) is 2.40. The van der Waals surface area contributed by atoms with Crippen LogP contribution in [0.4, 0.5) is 0 Å². The van der Waals surface area contributed by atoms with Crippen molar-refractivity contribution in [1.29, 1.82) is 0 Å². The second-order valence-electron chi connectivity index (χ2n) is 7.40. The van der Waals surface area contributed by atoms with E-state index in [4.69, 9.17) is 0 Å². The quantitative estimate of drug-likeness (QED) is 0.377. The Morgan fingerprint density at radius 3 is 2.38 bits per heavy atom. The standard InChI is InChI=1S/C17H36N6.HI/c1-14(2)23-8-6-15(7-9-23)20-17(18-3)19-12-16-13-21(4)10-11-22(16)5;/h14-16H,6-13H2,1-5H3,(H2,18,19,20);1H. The van der Waals surface area contributed by atoms with Gasteiger partial charge in [-0.3, -0.25) is 9.89 Å². The number of guanidine groups is 1. The first-order valence-electron chi connectivity index (χ1n) is 9.09. The summed E-state index contributed by atoms with van der Waals surface area (Å²) in [4.78, 5) is 11.8. The number of aliphatic imine (C=N–C) groups is 1. The maximum atomic E-state index is 4.41. The molecule has 24 heavy (non-hydrogen) atoms. The number of hydrogen-bond acceptors (Lipinski definition) is 4. The molecule has 2 aliphatic rings. The van der Waals surface area contributed by atoms with Crippen LogP contribution in [0.25, 0.3) is 0 Å². The number of nitrogens with zero attached hydrogens (tertiary/aromatic N) is 4. The molecule has 2 saturated heterocycles. The van der Waals surface area contributed by atoms with Crippen molar-refractivity contribution in [2.24, 2.45) is 4.99 Å². The molecule has 2 rings (SSSR count). The Balaban J connectivity index is 0.00000288. The van der Waals surface area contributed by atoms with Gasteiger partial charge in [-0.1, -0.05) is 0 Å². The molecule has 2 aliphatic heterocycles. The van der Waals surface area contributed by atoms with E-state index < -0.39 is 0 Å². The first-order valence-corrected chi connectivity index (χ1v) is 9.09. The molecule has 2 N–H and O–H groups in total. The van der Waals surface area contributed by atoms with Gasteiger partial charge in [-0.25, -0.2) is 0 Å². The molecule has 0 spiro atoms. The topological polar surface area (TPSA) is 46.1 Å². The van der Waals surface area contributed by atoms with E-state index in [9.17, 15) is 0 Å². The Labute approximate surface area is 165 Å². The van der Waals surface area contributed by atoms with E-state index in [2.05, 4.69) is 58.3 Å². The number of nitrogens with one attached hydrogen (secondary N) is 2. The lowest BCUT2D eigenvalue weighted by Crippen LogP contribution is -2.56. The minimum Gasteiger partial charge on any atom is -0.355 e. The number of piperazine rings is 1. The number of likely N-dealkylation sites (N-methyl/N-ethyl adjacent to an activating group) is 2. The number of likely N-dealkylation sites (tertiary alicyclic amines) is 1. The third-order valence-electron chi connectivity index (χ3n) is 5.31. The summed E-state index contributed by atoms with van der Waals surface area (Å²) in [7, 11) is 6.29. The van der Waals surface area contributed by atoms with Crippen LogP contribution in [0.5, 0.6) is 0 Å². The van der Waals surface area contributed by atoms with E-state index in [0.717, 1.165) is 32.1 Å². The second kappa shape index (κ2) is 10.8. The molecule has 2 fully saturated rings. The van der Waals surface area contributed by atoms with E-state index in [-0.39, 0.29) is 24.0 Å². The van der Waals surface area contributed by atoms with Gasteiger partial charge in [0.2, 0.25) is 0 Å². The van der Waals surface area contributed by atoms with Crippen molar-refractivity contribution in [3.05, 3.63) is 0 Å². The number of piperidine rings is 1. The van der Waals surface area contributed by atoms with Crippen molar-refractivity contribution in [3.63, 3.8) is 0 Å². The fourth-order valence-electron chi connectivity index (χ4n) is 3.48. The van der Waals surface area contributed by atoms with Crippen LogP contribution in [-0.2, 0) is 0 Å². The summed E-state index contributed by atoms with van der Waals surface area (Å²) in [6.45, 7) is 11.3. The highest BCUT2D eigenvalue weighted by Crippen LogP contribution is 2.12. The van der Waals surface area contributed by atoms with Crippen molar-refractivity contribution in [3.8, 4) is 0 Å². The van der Waals surface area contributed by atoms with Gasteiger partial charge in [0.05, 0.1) is 0 Å². The second-order valence-corrected chi connectivity index (χ2v) is 7.40. The highest BCUT2D eigenvalue weighted by atomic mass is 127. The summed E-state index contributed by atoms with van der Waals surface area (Å²) in [5.74, 6) is 0.953. The lowest BCUT2D eigenvalue weighted by Gasteiger charge is -2.38. The van der Waals surface area contributed by atoms with Gasteiger partial charge in [0.1, 0.15) is 0 Å². The molecule has 0 radical (unpaired) electrons. The molecule has 7 heteroatoms. The van der Waals surface area contributed by atoms with Crippen LogP contribution in [0.2, 0.25) is 0 Å². The van der Waals surface area contributed by atoms with E-state index >= 15 is 0 Å². The SMILES string of the molecule is CN=C(NCC1CN(C)CCN1C)NC1CCN(C(C)C)CC1.I. The summed E-state index contributed by atoms with van der Waals surface area (Å²) in [5.41, 5.74) is 0. The van der Waals surface area contributed by atoms with Gasteiger partial charge in [0.25, 0.3) is 0 Å². The molecule has 2 heterocycles. The molecule has 0 saturated carbocycles. The summed E-state index contributed by atoms with van der Waals surface area (Å²) >= 11 is 0. The zero-order chi connectivity index (χ0) is 16.8. The predicted molar refractivity (Wildman–Crippen MR) is 114 cm³/mol. The normalized spacial score (nSPS) is 25.6. The van der Waals surface area contributed by atoms with Gasteiger partial charge in [0, 0.05) is 64.4 Å². The van der Waals surface area contributed by atoms with Crippen LogP contribution in [-0.4, -0.2) is 99.2 Å². The monoisotopic (exact) mass is 452 g/mol. The average molecular weight is 452 g/mol. The number of halogens is 1. The summed E-state index contributed by atoms with van der Waals surface area (Å²) < 4.78 is 0. The van der Waals surface area contributed by atoms with Crippen LogP contribution in [0, 0.1) is 0 Å². The molecule has 1 unspecified atom stereocenters. The fraction of sp³-hybridized carbons (Fsp3) is 0.941. The summed E-state index contributed by atoms with van der Waals surface area (Å²) in [6, 6.07) is 1.75. The van der Waals surface area contributed by atoms with Crippen LogP contribution in [0.3, 0.4) is 0 Å². The highest BCUT2D eigenvalue weighted by Gasteiger charge is 2.24. The largest absolute Gasteiger partial charge is 0.355 e. The van der Waals surface area contributed by atoms with Gasteiger partial charge in [0.15, 0.2) is 5.96 Å². The van der Waals surface area contributed by atoms with Crippen molar-refractivity contribution < 1.29 is 0 Å². The maximum Gasteiger partial charge on any atom is 0.191 e. The first-order chi connectivity index (χ1) is 11.0. The van der Waals surface area contributed by atoms with Crippen LogP contribution < -0.4 is 10.6 Å².